The highest BCUT2D eigenvalue weighted by Gasteiger charge is 2.12. The van der Waals surface area contributed by atoms with Crippen LogP contribution in [0.3, 0.4) is 0 Å². The molecule has 1 unspecified atom stereocenters. The van der Waals surface area contributed by atoms with Gasteiger partial charge in [-0.3, -0.25) is 0 Å². The van der Waals surface area contributed by atoms with E-state index in [1.54, 1.807) is 0 Å². The maximum Gasteiger partial charge on any atom is 0.203 e. The zero-order valence-electron chi connectivity index (χ0n) is 7.44. The highest BCUT2D eigenvalue weighted by atomic mass is 32.1. The second kappa shape index (κ2) is 3.82. The summed E-state index contributed by atoms with van der Waals surface area (Å²) in [5.41, 5.74) is 5.44. The van der Waals surface area contributed by atoms with E-state index in [1.807, 2.05) is 20.8 Å². The summed E-state index contributed by atoms with van der Waals surface area (Å²) < 4.78 is 5.50. The molecule has 12 heavy (non-hydrogen) atoms. The predicted molar refractivity (Wildman–Crippen MR) is 49.0 cm³/mol. The fourth-order valence-electron chi connectivity index (χ4n) is 0.877. The molecule has 1 aromatic heterocycles. The van der Waals surface area contributed by atoms with Crippen molar-refractivity contribution in [3.05, 3.63) is 5.01 Å². The molecule has 5 heteroatoms. The fraction of sp³-hybridized carbons (Fsp3) is 0.714. The van der Waals surface area contributed by atoms with Gasteiger partial charge in [0.25, 0.3) is 0 Å². The van der Waals surface area contributed by atoms with Gasteiger partial charge in [-0.2, -0.15) is 0 Å². The summed E-state index contributed by atoms with van der Waals surface area (Å²) in [6.45, 7) is 5.92. The normalized spacial score (nSPS) is 13.7. The molecule has 0 radical (unpaired) electrons. The minimum atomic E-state index is -0.0141. The number of nitrogens with two attached hydrogens (primary N) is 1. The summed E-state index contributed by atoms with van der Waals surface area (Å²) in [4.78, 5) is 0. The van der Waals surface area contributed by atoms with Gasteiger partial charge in [0.2, 0.25) is 5.13 Å². The number of hydrogen-bond acceptors (Lipinski definition) is 5. The summed E-state index contributed by atoms with van der Waals surface area (Å²) in [6.07, 6.45) is 0.185. The van der Waals surface area contributed by atoms with E-state index in [4.69, 9.17) is 10.5 Å². The van der Waals surface area contributed by atoms with Crippen LogP contribution in [0.25, 0.3) is 0 Å². The highest BCUT2D eigenvalue weighted by molar-refractivity contribution is 7.15. The molecular weight excluding hydrogens is 174 g/mol. The zero-order chi connectivity index (χ0) is 9.14. The molecule has 0 aliphatic carbocycles. The average Bonchev–Trinajstić information content (AvgIpc) is 2.34. The van der Waals surface area contributed by atoms with Crippen molar-refractivity contribution in [3.63, 3.8) is 0 Å². The van der Waals surface area contributed by atoms with Crippen LogP contribution in [0, 0.1) is 0 Å². The van der Waals surface area contributed by atoms with E-state index >= 15 is 0 Å². The molecule has 1 heterocycles. The van der Waals surface area contributed by atoms with Crippen LogP contribution in [0.4, 0.5) is 5.13 Å². The second-order valence-electron chi connectivity index (χ2n) is 2.81. The smallest absolute Gasteiger partial charge is 0.203 e. The highest BCUT2D eigenvalue weighted by Crippen LogP contribution is 2.22. The first-order chi connectivity index (χ1) is 5.59. The maximum atomic E-state index is 5.50. The minimum Gasteiger partial charge on any atom is -0.374 e. The van der Waals surface area contributed by atoms with E-state index < -0.39 is 0 Å². The topological polar surface area (TPSA) is 61.0 Å². The van der Waals surface area contributed by atoms with E-state index in [-0.39, 0.29) is 12.2 Å². The number of nitrogen functional groups attached to an aromatic ring is 1. The fourth-order valence-corrected chi connectivity index (χ4v) is 1.48. The molecule has 0 saturated carbocycles. The van der Waals surface area contributed by atoms with Crippen LogP contribution in [0.5, 0.6) is 0 Å². The van der Waals surface area contributed by atoms with Crippen LogP contribution in [0.2, 0.25) is 0 Å². The van der Waals surface area contributed by atoms with Gasteiger partial charge in [-0.1, -0.05) is 11.3 Å². The van der Waals surface area contributed by atoms with Crippen molar-refractivity contribution in [2.24, 2.45) is 0 Å². The average molecular weight is 187 g/mol. The second-order valence-corrected chi connectivity index (χ2v) is 3.85. The molecule has 4 nitrogen and oxygen atoms in total. The van der Waals surface area contributed by atoms with Crippen LogP contribution >= 0.6 is 11.3 Å². The minimum absolute atomic E-state index is 0.0141. The quantitative estimate of drug-likeness (QED) is 0.780. The van der Waals surface area contributed by atoms with Gasteiger partial charge in [0, 0.05) is 0 Å². The Morgan fingerprint density at radius 1 is 1.33 bits per heavy atom. The van der Waals surface area contributed by atoms with Crippen LogP contribution < -0.4 is 5.73 Å². The molecule has 0 fully saturated rings. The number of ether oxygens (including phenoxy) is 1. The van der Waals surface area contributed by atoms with Crippen LogP contribution in [-0.4, -0.2) is 16.3 Å². The van der Waals surface area contributed by atoms with Gasteiger partial charge in [0.05, 0.1) is 6.10 Å². The Hall–Kier alpha value is -0.680. The van der Waals surface area contributed by atoms with E-state index in [2.05, 4.69) is 10.2 Å². The summed E-state index contributed by atoms with van der Waals surface area (Å²) in [6, 6.07) is 0. The van der Waals surface area contributed by atoms with Crippen molar-refractivity contribution >= 4 is 16.5 Å². The first-order valence-corrected chi connectivity index (χ1v) is 4.65. The van der Waals surface area contributed by atoms with Gasteiger partial charge in [-0.25, -0.2) is 0 Å². The lowest BCUT2D eigenvalue weighted by Crippen LogP contribution is -2.07. The standard InChI is InChI=1S/C7H13N3OS/c1-4(2)11-5(3)6-9-10-7(8)12-6/h4-5H,1-3H3,(H2,8,10). The van der Waals surface area contributed by atoms with Crippen molar-refractivity contribution in [2.45, 2.75) is 33.0 Å². The Morgan fingerprint density at radius 2 is 2.00 bits per heavy atom. The van der Waals surface area contributed by atoms with Crippen LogP contribution in [-0.2, 0) is 4.74 Å². The number of nitrogens with zero attached hydrogens (tertiary/aromatic N) is 2. The third-order valence-electron chi connectivity index (χ3n) is 1.28. The van der Waals surface area contributed by atoms with Crippen molar-refractivity contribution < 1.29 is 4.74 Å². The van der Waals surface area contributed by atoms with Gasteiger partial charge < -0.3 is 10.5 Å². The molecule has 0 amide bonds. The van der Waals surface area contributed by atoms with Crippen LogP contribution in [0.15, 0.2) is 0 Å². The summed E-state index contributed by atoms with van der Waals surface area (Å²) in [7, 11) is 0. The largest absolute Gasteiger partial charge is 0.374 e. The maximum absolute atomic E-state index is 5.50. The summed E-state index contributed by atoms with van der Waals surface area (Å²) in [5.74, 6) is 0. The van der Waals surface area contributed by atoms with E-state index in [9.17, 15) is 0 Å². The lowest BCUT2D eigenvalue weighted by molar-refractivity contribution is 0.0174. The molecule has 0 aromatic carbocycles. The van der Waals surface area contributed by atoms with Crippen molar-refractivity contribution in [1.29, 1.82) is 0 Å². The van der Waals surface area contributed by atoms with Gasteiger partial charge in [0.15, 0.2) is 0 Å². The summed E-state index contributed by atoms with van der Waals surface area (Å²) >= 11 is 1.37. The van der Waals surface area contributed by atoms with Gasteiger partial charge in [-0.15, -0.1) is 10.2 Å². The molecule has 0 aliphatic rings. The summed E-state index contributed by atoms with van der Waals surface area (Å²) in [5, 5.41) is 8.92. The molecule has 0 aliphatic heterocycles. The van der Waals surface area contributed by atoms with Crippen molar-refractivity contribution in [2.75, 3.05) is 5.73 Å². The molecule has 2 N–H and O–H groups in total. The SMILES string of the molecule is CC(C)OC(C)c1nnc(N)s1. The van der Waals surface area contributed by atoms with Crippen molar-refractivity contribution in [1.82, 2.24) is 10.2 Å². The Balaban J connectivity index is 2.58. The van der Waals surface area contributed by atoms with Gasteiger partial charge in [0.1, 0.15) is 11.1 Å². The number of anilines is 1. The molecule has 0 bridgehead atoms. The first-order valence-electron chi connectivity index (χ1n) is 3.84. The molecular formula is C7H13N3OS. The third kappa shape index (κ3) is 2.42. The Kier molecular flexibility index (Phi) is 2.99. The monoisotopic (exact) mass is 187 g/mol. The Bertz CT molecular complexity index is 249. The predicted octanol–water partition coefficient (Wildman–Crippen LogP) is 1.61. The number of rotatable bonds is 3. The molecule has 1 atom stereocenters. The number of hydrogen-bond donors (Lipinski definition) is 1. The third-order valence-corrected chi connectivity index (χ3v) is 2.19. The first kappa shape index (κ1) is 9.41. The molecule has 68 valence electrons. The van der Waals surface area contributed by atoms with Gasteiger partial charge in [-0.05, 0) is 20.8 Å². The van der Waals surface area contributed by atoms with Gasteiger partial charge >= 0.3 is 0 Å². The molecule has 0 spiro atoms. The van der Waals surface area contributed by atoms with E-state index in [0.717, 1.165) is 5.01 Å². The Morgan fingerprint density at radius 3 is 2.42 bits per heavy atom. The van der Waals surface area contributed by atoms with E-state index in [0.29, 0.717) is 5.13 Å². The van der Waals surface area contributed by atoms with Crippen LogP contribution in [0.1, 0.15) is 31.9 Å². The zero-order valence-corrected chi connectivity index (χ0v) is 8.26. The van der Waals surface area contributed by atoms with E-state index in [1.165, 1.54) is 11.3 Å². The lowest BCUT2D eigenvalue weighted by atomic mass is 10.4. The van der Waals surface area contributed by atoms with Crippen molar-refractivity contribution in [3.8, 4) is 0 Å². The molecule has 0 saturated heterocycles. The molecule has 1 aromatic rings. The lowest BCUT2D eigenvalue weighted by Gasteiger charge is -2.12. The number of aromatic nitrogens is 2. The Labute approximate surface area is 75.8 Å². The molecule has 1 rings (SSSR count).